The highest BCUT2D eigenvalue weighted by Crippen LogP contribution is 2.17. The molecule has 5 nitrogen and oxygen atoms in total. The maximum absolute atomic E-state index is 5.49. The van der Waals surface area contributed by atoms with Crippen molar-refractivity contribution >= 4 is 5.82 Å². The summed E-state index contributed by atoms with van der Waals surface area (Å²) in [5.74, 6) is 0.915. The summed E-state index contributed by atoms with van der Waals surface area (Å²) in [6.45, 7) is 4.40. The van der Waals surface area contributed by atoms with Gasteiger partial charge in [0.2, 0.25) is 0 Å². The number of hydrogen-bond acceptors (Lipinski definition) is 4. The van der Waals surface area contributed by atoms with Crippen molar-refractivity contribution in [3.63, 3.8) is 0 Å². The van der Waals surface area contributed by atoms with E-state index in [4.69, 9.17) is 9.47 Å². The van der Waals surface area contributed by atoms with Crippen LogP contribution in [0.25, 0.3) is 0 Å². The number of hydrogen-bond donors (Lipinski definition) is 1. The zero-order valence-electron chi connectivity index (χ0n) is 9.85. The van der Waals surface area contributed by atoms with Gasteiger partial charge in [0.1, 0.15) is 5.82 Å². The first-order valence-electron chi connectivity index (χ1n) is 5.70. The first-order valence-corrected chi connectivity index (χ1v) is 5.70. The Labute approximate surface area is 95.7 Å². The Balaban J connectivity index is 1.87. The highest BCUT2D eigenvalue weighted by molar-refractivity contribution is 5.34. The standard InChI is InChI=1S/C11H19N3O2/c1-9-10(4-7-16-9)12-11-3-5-14(13-11)6-8-15-2/h3,5,9-10H,4,6-8H2,1-2H3,(H,12,13). The van der Waals surface area contributed by atoms with Crippen LogP contribution in [-0.2, 0) is 16.0 Å². The summed E-state index contributed by atoms with van der Waals surface area (Å²) >= 11 is 0. The summed E-state index contributed by atoms with van der Waals surface area (Å²) < 4.78 is 12.4. The molecule has 90 valence electrons. The van der Waals surface area contributed by atoms with E-state index < -0.39 is 0 Å². The fourth-order valence-electron chi connectivity index (χ4n) is 1.86. The molecule has 0 spiro atoms. The Bertz CT molecular complexity index is 327. The van der Waals surface area contributed by atoms with Gasteiger partial charge in [0.25, 0.3) is 0 Å². The van der Waals surface area contributed by atoms with Gasteiger partial charge in [-0.2, -0.15) is 5.10 Å². The lowest BCUT2D eigenvalue weighted by atomic mass is 10.1. The molecule has 16 heavy (non-hydrogen) atoms. The zero-order valence-corrected chi connectivity index (χ0v) is 9.85. The maximum atomic E-state index is 5.49. The predicted molar refractivity (Wildman–Crippen MR) is 61.5 cm³/mol. The lowest BCUT2D eigenvalue weighted by Crippen LogP contribution is -2.26. The summed E-state index contributed by atoms with van der Waals surface area (Å²) in [4.78, 5) is 0. The Morgan fingerprint density at radius 2 is 2.56 bits per heavy atom. The van der Waals surface area contributed by atoms with E-state index in [0.29, 0.717) is 12.6 Å². The molecule has 0 aliphatic carbocycles. The SMILES string of the molecule is COCCn1ccc(NC2CCOC2C)n1. The Morgan fingerprint density at radius 1 is 1.69 bits per heavy atom. The normalized spacial score (nSPS) is 24.9. The minimum atomic E-state index is 0.268. The largest absolute Gasteiger partial charge is 0.383 e. The van der Waals surface area contributed by atoms with Gasteiger partial charge in [-0.15, -0.1) is 0 Å². The van der Waals surface area contributed by atoms with Crippen LogP contribution in [0.5, 0.6) is 0 Å². The summed E-state index contributed by atoms with van der Waals surface area (Å²) in [5, 5.41) is 7.81. The van der Waals surface area contributed by atoms with E-state index in [0.717, 1.165) is 25.4 Å². The third-order valence-electron chi connectivity index (χ3n) is 2.87. The molecule has 0 bridgehead atoms. The smallest absolute Gasteiger partial charge is 0.148 e. The second-order valence-corrected chi connectivity index (χ2v) is 4.07. The topological polar surface area (TPSA) is 48.3 Å². The van der Waals surface area contributed by atoms with E-state index in [-0.39, 0.29) is 6.10 Å². The van der Waals surface area contributed by atoms with Crippen LogP contribution in [0.2, 0.25) is 0 Å². The third kappa shape index (κ3) is 2.74. The molecule has 2 unspecified atom stereocenters. The summed E-state index contributed by atoms with van der Waals surface area (Å²) in [6.07, 6.45) is 3.28. The molecule has 0 amide bonds. The van der Waals surface area contributed by atoms with Crippen LogP contribution in [0.1, 0.15) is 13.3 Å². The first-order chi connectivity index (χ1) is 7.79. The second kappa shape index (κ2) is 5.32. The monoisotopic (exact) mass is 225 g/mol. The number of nitrogens with one attached hydrogen (secondary N) is 1. The summed E-state index contributed by atoms with van der Waals surface area (Å²) in [7, 11) is 1.69. The number of rotatable bonds is 5. The number of methoxy groups -OCH3 is 1. The van der Waals surface area contributed by atoms with E-state index in [1.165, 1.54) is 0 Å². The van der Waals surface area contributed by atoms with Crippen LogP contribution < -0.4 is 5.32 Å². The van der Waals surface area contributed by atoms with Gasteiger partial charge < -0.3 is 14.8 Å². The molecular formula is C11H19N3O2. The molecule has 5 heteroatoms. The molecular weight excluding hydrogens is 206 g/mol. The Morgan fingerprint density at radius 3 is 3.25 bits per heavy atom. The molecule has 0 aromatic carbocycles. The van der Waals surface area contributed by atoms with Crippen molar-refractivity contribution in [2.24, 2.45) is 0 Å². The van der Waals surface area contributed by atoms with E-state index >= 15 is 0 Å². The van der Waals surface area contributed by atoms with Gasteiger partial charge in [0.15, 0.2) is 0 Å². The van der Waals surface area contributed by atoms with Crippen molar-refractivity contribution in [1.29, 1.82) is 0 Å². The predicted octanol–water partition coefficient (Wildman–Crippen LogP) is 1.12. The molecule has 1 fully saturated rings. The summed E-state index contributed by atoms with van der Waals surface area (Å²) in [5.41, 5.74) is 0. The first kappa shape index (κ1) is 11.4. The number of aromatic nitrogens is 2. The minimum Gasteiger partial charge on any atom is -0.383 e. The van der Waals surface area contributed by atoms with Crippen molar-refractivity contribution in [3.8, 4) is 0 Å². The molecule has 1 saturated heterocycles. The van der Waals surface area contributed by atoms with Crippen molar-refractivity contribution in [2.75, 3.05) is 25.6 Å². The molecule has 2 rings (SSSR count). The number of ether oxygens (including phenoxy) is 2. The lowest BCUT2D eigenvalue weighted by Gasteiger charge is -2.15. The number of anilines is 1. The van der Waals surface area contributed by atoms with Crippen LogP contribution in [0.4, 0.5) is 5.82 Å². The van der Waals surface area contributed by atoms with E-state index in [1.54, 1.807) is 7.11 Å². The highest BCUT2D eigenvalue weighted by atomic mass is 16.5. The van der Waals surface area contributed by atoms with Crippen molar-refractivity contribution in [1.82, 2.24) is 9.78 Å². The van der Waals surface area contributed by atoms with Crippen LogP contribution in [0.3, 0.4) is 0 Å². The van der Waals surface area contributed by atoms with Crippen LogP contribution in [0, 0.1) is 0 Å². The summed E-state index contributed by atoms with van der Waals surface area (Å²) in [6, 6.07) is 2.37. The Hall–Kier alpha value is -1.07. The van der Waals surface area contributed by atoms with E-state index in [2.05, 4.69) is 17.3 Å². The van der Waals surface area contributed by atoms with E-state index in [1.807, 2.05) is 16.9 Å². The van der Waals surface area contributed by atoms with Gasteiger partial charge >= 0.3 is 0 Å². The Kier molecular flexibility index (Phi) is 3.79. The molecule has 0 saturated carbocycles. The van der Waals surface area contributed by atoms with Crippen LogP contribution in [-0.4, -0.2) is 42.2 Å². The van der Waals surface area contributed by atoms with Crippen molar-refractivity contribution in [2.45, 2.75) is 32.0 Å². The molecule has 2 atom stereocenters. The van der Waals surface area contributed by atoms with Crippen molar-refractivity contribution in [3.05, 3.63) is 12.3 Å². The average molecular weight is 225 g/mol. The molecule has 1 N–H and O–H groups in total. The van der Waals surface area contributed by atoms with Gasteiger partial charge in [-0.1, -0.05) is 0 Å². The molecule has 1 aromatic rings. The van der Waals surface area contributed by atoms with Gasteiger partial charge in [-0.3, -0.25) is 4.68 Å². The molecule has 1 aliphatic heterocycles. The van der Waals surface area contributed by atoms with Crippen LogP contribution in [0.15, 0.2) is 12.3 Å². The highest BCUT2D eigenvalue weighted by Gasteiger charge is 2.24. The lowest BCUT2D eigenvalue weighted by molar-refractivity contribution is 0.121. The third-order valence-corrected chi connectivity index (χ3v) is 2.87. The fraction of sp³-hybridized carbons (Fsp3) is 0.727. The quantitative estimate of drug-likeness (QED) is 0.815. The molecule has 0 radical (unpaired) electrons. The average Bonchev–Trinajstić information content (AvgIpc) is 2.87. The fourth-order valence-corrected chi connectivity index (χ4v) is 1.86. The second-order valence-electron chi connectivity index (χ2n) is 4.07. The van der Waals surface area contributed by atoms with Gasteiger partial charge in [-0.25, -0.2) is 0 Å². The van der Waals surface area contributed by atoms with Crippen molar-refractivity contribution < 1.29 is 9.47 Å². The minimum absolute atomic E-state index is 0.268. The van der Waals surface area contributed by atoms with Gasteiger partial charge in [0.05, 0.1) is 25.3 Å². The maximum Gasteiger partial charge on any atom is 0.148 e. The molecule has 1 aromatic heterocycles. The number of nitrogens with zero attached hydrogens (tertiary/aromatic N) is 2. The zero-order chi connectivity index (χ0) is 11.4. The van der Waals surface area contributed by atoms with Gasteiger partial charge in [0, 0.05) is 26.0 Å². The van der Waals surface area contributed by atoms with Crippen LogP contribution >= 0.6 is 0 Å². The molecule has 2 heterocycles. The van der Waals surface area contributed by atoms with Gasteiger partial charge in [-0.05, 0) is 13.3 Å². The van der Waals surface area contributed by atoms with E-state index in [9.17, 15) is 0 Å². The molecule has 1 aliphatic rings.